The molecule has 0 aliphatic carbocycles. The van der Waals surface area contributed by atoms with Gasteiger partial charge in [0.25, 0.3) is 0 Å². The average Bonchev–Trinajstić information content (AvgIpc) is 3.27. The van der Waals surface area contributed by atoms with E-state index < -0.39 is 0 Å². The Morgan fingerprint density at radius 1 is 1.12 bits per heavy atom. The van der Waals surface area contributed by atoms with Gasteiger partial charge in [0.1, 0.15) is 28.7 Å². The predicted molar refractivity (Wildman–Crippen MR) is 98.0 cm³/mol. The molecule has 25 heavy (non-hydrogen) atoms. The zero-order valence-corrected chi connectivity index (χ0v) is 14.2. The molecule has 0 bridgehead atoms. The maximum atomic E-state index is 5.43. The first-order valence-corrected chi connectivity index (χ1v) is 8.14. The van der Waals surface area contributed by atoms with E-state index in [1.54, 1.807) is 13.4 Å². The van der Waals surface area contributed by atoms with Crippen LogP contribution in [-0.4, -0.2) is 16.5 Å². The number of hydrogen-bond acceptors (Lipinski definition) is 4. The van der Waals surface area contributed by atoms with Gasteiger partial charge in [-0.1, -0.05) is 6.07 Å². The summed E-state index contributed by atoms with van der Waals surface area (Å²) >= 11 is 0. The number of imidazole rings is 1. The van der Waals surface area contributed by atoms with Crippen LogP contribution in [-0.2, 0) is 6.54 Å². The lowest BCUT2D eigenvalue weighted by atomic mass is 10.1. The number of aryl methyl sites for hydroxylation is 1. The lowest BCUT2D eigenvalue weighted by molar-refractivity contribution is 0.415. The molecule has 3 heterocycles. The minimum atomic E-state index is 0.595. The third-order valence-electron chi connectivity index (χ3n) is 4.14. The van der Waals surface area contributed by atoms with Crippen molar-refractivity contribution in [3.8, 4) is 17.0 Å². The van der Waals surface area contributed by atoms with Gasteiger partial charge in [0, 0.05) is 11.8 Å². The van der Waals surface area contributed by atoms with Crippen LogP contribution in [0.2, 0.25) is 0 Å². The summed E-state index contributed by atoms with van der Waals surface area (Å²) < 4.78 is 12.8. The second-order valence-electron chi connectivity index (χ2n) is 5.91. The van der Waals surface area contributed by atoms with Gasteiger partial charge in [-0.15, -0.1) is 0 Å². The van der Waals surface area contributed by atoms with E-state index in [2.05, 4.69) is 28.9 Å². The monoisotopic (exact) mass is 333 g/mol. The molecule has 0 atom stereocenters. The maximum absolute atomic E-state index is 5.43. The minimum absolute atomic E-state index is 0.595. The van der Waals surface area contributed by atoms with Crippen molar-refractivity contribution in [3.63, 3.8) is 0 Å². The Morgan fingerprint density at radius 3 is 2.68 bits per heavy atom. The Kier molecular flexibility index (Phi) is 3.90. The molecule has 5 heteroatoms. The van der Waals surface area contributed by atoms with Gasteiger partial charge < -0.3 is 14.5 Å². The van der Waals surface area contributed by atoms with E-state index in [1.807, 2.05) is 42.5 Å². The van der Waals surface area contributed by atoms with Gasteiger partial charge in [0.15, 0.2) is 0 Å². The molecule has 126 valence electrons. The molecule has 0 spiro atoms. The molecule has 0 aliphatic rings. The Balaban J connectivity index is 1.79. The molecule has 0 amide bonds. The fourth-order valence-electron chi connectivity index (χ4n) is 2.85. The van der Waals surface area contributed by atoms with Gasteiger partial charge in [0.2, 0.25) is 0 Å². The Hall–Kier alpha value is -3.21. The molecule has 0 saturated heterocycles. The molecule has 1 N–H and O–H groups in total. The Morgan fingerprint density at radius 2 is 1.96 bits per heavy atom. The molecule has 4 aromatic rings. The summed E-state index contributed by atoms with van der Waals surface area (Å²) in [7, 11) is 1.67. The van der Waals surface area contributed by atoms with Crippen LogP contribution in [0.15, 0.2) is 65.4 Å². The first-order valence-electron chi connectivity index (χ1n) is 8.14. The fraction of sp³-hybridized carbons (Fsp3) is 0.150. The van der Waals surface area contributed by atoms with E-state index in [0.717, 1.165) is 34.2 Å². The maximum Gasteiger partial charge on any atom is 0.139 e. The Bertz CT molecular complexity index is 986. The highest BCUT2D eigenvalue weighted by atomic mass is 16.5. The number of furan rings is 1. The minimum Gasteiger partial charge on any atom is -0.497 e. The van der Waals surface area contributed by atoms with Crippen LogP contribution >= 0.6 is 0 Å². The van der Waals surface area contributed by atoms with Crippen LogP contribution in [0.5, 0.6) is 5.75 Å². The van der Waals surface area contributed by atoms with Gasteiger partial charge in [0.05, 0.1) is 19.9 Å². The fourth-order valence-corrected chi connectivity index (χ4v) is 2.85. The standard InChI is InChI=1S/C20H19N3O2/c1-14-5-10-18-22-19(15-6-8-16(24-2)9-7-15)20(23(18)13-14)21-12-17-4-3-11-25-17/h3-11,13,21H,12H2,1-2H3. The number of rotatable bonds is 5. The van der Waals surface area contributed by atoms with E-state index in [4.69, 9.17) is 14.1 Å². The van der Waals surface area contributed by atoms with Crippen molar-refractivity contribution >= 4 is 11.5 Å². The molecule has 0 fully saturated rings. The van der Waals surface area contributed by atoms with Gasteiger partial charge in [-0.2, -0.15) is 0 Å². The lowest BCUT2D eigenvalue weighted by Gasteiger charge is -2.08. The van der Waals surface area contributed by atoms with Gasteiger partial charge in [-0.25, -0.2) is 4.98 Å². The topological polar surface area (TPSA) is 51.7 Å². The molecule has 0 saturated carbocycles. The first-order chi connectivity index (χ1) is 12.2. The van der Waals surface area contributed by atoms with E-state index in [9.17, 15) is 0 Å². The highest BCUT2D eigenvalue weighted by Crippen LogP contribution is 2.30. The van der Waals surface area contributed by atoms with Gasteiger partial charge >= 0.3 is 0 Å². The van der Waals surface area contributed by atoms with Crippen molar-refractivity contribution in [2.75, 3.05) is 12.4 Å². The number of benzene rings is 1. The van der Waals surface area contributed by atoms with Crippen LogP contribution in [0, 0.1) is 6.92 Å². The Labute approximate surface area is 145 Å². The molecule has 4 rings (SSSR count). The molecule has 0 radical (unpaired) electrons. The quantitative estimate of drug-likeness (QED) is 0.583. The number of nitrogens with zero attached hydrogens (tertiary/aromatic N) is 2. The normalized spacial score (nSPS) is 11.0. The summed E-state index contributed by atoms with van der Waals surface area (Å²) in [5.41, 5.74) is 4.01. The highest BCUT2D eigenvalue weighted by Gasteiger charge is 2.14. The van der Waals surface area contributed by atoms with Crippen LogP contribution in [0.3, 0.4) is 0 Å². The zero-order valence-electron chi connectivity index (χ0n) is 14.2. The van der Waals surface area contributed by atoms with Gasteiger partial charge in [-0.3, -0.25) is 4.40 Å². The van der Waals surface area contributed by atoms with Crippen molar-refractivity contribution < 1.29 is 9.15 Å². The summed E-state index contributed by atoms with van der Waals surface area (Å²) in [6, 6.07) is 15.9. The van der Waals surface area contributed by atoms with Crippen molar-refractivity contribution in [1.82, 2.24) is 9.38 Å². The summed E-state index contributed by atoms with van der Waals surface area (Å²) in [6.07, 6.45) is 3.76. The largest absolute Gasteiger partial charge is 0.497 e. The number of aromatic nitrogens is 2. The summed E-state index contributed by atoms with van der Waals surface area (Å²) in [5.74, 6) is 2.65. The van der Waals surface area contributed by atoms with Crippen LogP contribution in [0.4, 0.5) is 5.82 Å². The number of methoxy groups -OCH3 is 1. The molecular weight excluding hydrogens is 314 g/mol. The first kappa shape index (κ1) is 15.3. The second-order valence-corrected chi connectivity index (χ2v) is 5.91. The van der Waals surface area contributed by atoms with Crippen molar-refractivity contribution in [2.24, 2.45) is 0 Å². The van der Waals surface area contributed by atoms with Crippen molar-refractivity contribution in [3.05, 3.63) is 72.3 Å². The third-order valence-corrected chi connectivity index (χ3v) is 4.14. The molecule has 0 unspecified atom stereocenters. The number of ether oxygens (including phenoxy) is 1. The number of nitrogens with one attached hydrogen (secondary N) is 1. The summed E-state index contributed by atoms with van der Waals surface area (Å²) in [5, 5.41) is 3.47. The van der Waals surface area contributed by atoms with Crippen LogP contribution in [0.25, 0.3) is 16.9 Å². The molecule has 5 nitrogen and oxygen atoms in total. The van der Waals surface area contributed by atoms with Gasteiger partial charge in [-0.05, 0) is 55.0 Å². The van der Waals surface area contributed by atoms with Crippen molar-refractivity contribution in [1.29, 1.82) is 0 Å². The van der Waals surface area contributed by atoms with Crippen LogP contribution in [0.1, 0.15) is 11.3 Å². The number of anilines is 1. The van der Waals surface area contributed by atoms with Crippen LogP contribution < -0.4 is 10.1 Å². The lowest BCUT2D eigenvalue weighted by Crippen LogP contribution is -2.03. The number of pyridine rings is 1. The van der Waals surface area contributed by atoms with Crippen molar-refractivity contribution in [2.45, 2.75) is 13.5 Å². The molecule has 1 aromatic carbocycles. The summed E-state index contributed by atoms with van der Waals surface area (Å²) in [6.45, 7) is 2.67. The SMILES string of the molecule is COc1ccc(-c2nc3ccc(C)cn3c2NCc2ccco2)cc1. The predicted octanol–water partition coefficient (Wildman–Crippen LogP) is 4.52. The zero-order chi connectivity index (χ0) is 17.2. The highest BCUT2D eigenvalue weighted by molar-refractivity contribution is 5.76. The smallest absolute Gasteiger partial charge is 0.139 e. The molecule has 3 aromatic heterocycles. The number of fused-ring (bicyclic) bond motifs is 1. The van der Waals surface area contributed by atoms with E-state index in [-0.39, 0.29) is 0 Å². The third kappa shape index (κ3) is 2.96. The molecular formula is C20H19N3O2. The summed E-state index contributed by atoms with van der Waals surface area (Å²) in [4.78, 5) is 4.81. The van der Waals surface area contributed by atoms with E-state index in [0.29, 0.717) is 6.54 Å². The molecule has 0 aliphatic heterocycles. The van der Waals surface area contributed by atoms with E-state index in [1.165, 1.54) is 5.56 Å². The number of hydrogen-bond donors (Lipinski definition) is 1. The second kappa shape index (κ2) is 6.36. The van der Waals surface area contributed by atoms with E-state index >= 15 is 0 Å². The average molecular weight is 333 g/mol.